The van der Waals surface area contributed by atoms with E-state index in [0.29, 0.717) is 10.8 Å². The Kier molecular flexibility index (Phi) is 3.69. The summed E-state index contributed by atoms with van der Waals surface area (Å²) in [4.78, 5) is 18.1. The van der Waals surface area contributed by atoms with Crippen LogP contribution in [0.2, 0.25) is 5.02 Å². The van der Waals surface area contributed by atoms with Crippen LogP contribution in [0.25, 0.3) is 22.5 Å². The van der Waals surface area contributed by atoms with Gasteiger partial charge in [0, 0.05) is 16.1 Å². The third-order valence-electron chi connectivity index (χ3n) is 3.35. The van der Waals surface area contributed by atoms with Crippen molar-refractivity contribution in [2.75, 3.05) is 0 Å². The molecule has 0 unspecified atom stereocenters. The molecule has 22 heavy (non-hydrogen) atoms. The molecule has 2 N–H and O–H groups in total. The van der Waals surface area contributed by atoms with Crippen LogP contribution in [0.15, 0.2) is 53.5 Å². The Balaban J connectivity index is 2.09. The van der Waals surface area contributed by atoms with Crippen LogP contribution in [0.5, 0.6) is 5.75 Å². The van der Waals surface area contributed by atoms with E-state index in [1.54, 1.807) is 0 Å². The van der Waals surface area contributed by atoms with E-state index in [1.165, 1.54) is 0 Å². The molecule has 0 aliphatic carbocycles. The third kappa shape index (κ3) is 2.73. The quantitative estimate of drug-likeness (QED) is 0.757. The molecule has 1 heterocycles. The summed E-state index contributed by atoms with van der Waals surface area (Å²) < 4.78 is 0. The Morgan fingerprint density at radius 2 is 1.91 bits per heavy atom. The standard InChI is InChI=1S/C17H13ClN2O2/c1-10-5-6-13(14(18)7-10)11-3-2-4-12(8-11)16-19-9-15(21)17(22)20-16/h2-9,21H,1H3,(H,19,20,22). The summed E-state index contributed by atoms with van der Waals surface area (Å²) in [6.45, 7) is 1.98. The second-order valence-electron chi connectivity index (χ2n) is 5.01. The number of hydrogen-bond acceptors (Lipinski definition) is 3. The Hall–Kier alpha value is -2.59. The fourth-order valence-electron chi connectivity index (χ4n) is 2.22. The van der Waals surface area contributed by atoms with Gasteiger partial charge in [0.05, 0.1) is 6.20 Å². The van der Waals surface area contributed by atoms with Gasteiger partial charge in [0.25, 0.3) is 5.56 Å². The van der Waals surface area contributed by atoms with Gasteiger partial charge in [-0.15, -0.1) is 0 Å². The van der Waals surface area contributed by atoms with Gasteiger partial charge >= 0.3 is 0 Å². The molecule has 0 spiro atoms. The van der Waals surface area contributed by atoms with E-state index in [9.17, 15) is 9.90 Å². The molecule has 0 aliphatic heterocycles. The summed E-state index contributed by atoms with van der Waals surface area (Å²) in [5.74, 6) is -0.00522. The van der Waals surface area contributed by atoms with Crippen molar-refractivity contribution in [2.45, 2.75) is 6.92 Å². The third-order valence-corrected chi connectivity index (χ3v) is 3.66. The van der Waals surface area contributed by atoms with Gasteiger partial charge in [0.2, 0.25) is 0 Å². The first-order valence-electron chi connectivity index (χ1n) is 6.70. The second kappa shape index (κ2) is 5.66. The summed E-state index contributed by atoms with van der Waals surface area (Å²) in [7, 11) is 0. The molecule has 0 saturated carbocycles. The van der Waals surface area contributed by atoms with Gasteiger partial charge in [-0.25, -0.2) is 4.98 Å². The smallest absolute Gasteiger partial charge is 0.293 e. The number of nitrogens with one attached hydrogen (secondary N) is 1. The number of aryl methyl sites for hydroxylation is 1. The minimum atomic E-state index is -0.566. The Labute approximate surface area is 132 Å². The summed E-state index contributed by atoms with van der Waals surface area (Å²) in [6, 6.07) is 13.4. The normalized spacial score (nSPS) is 10.6. The van der Waals surface area contributed by atoms with Crippen molar-refractivity contribution in [2.24, 2.45) is 0 Å². The minimum absolute atomic E-state index is 0.396. The molecule has 0 saturated heterocycles. The molecule has 0 aliphatic rings. The number of aromatic nitrogens is 2. The highest BCUT2D eigenvalue weighted by atomic mass is 35.5. The molecule has 0 atom stereocenters. The molecule has 3 rings (SSSR count). The van der Waals surface area contributed by atoms with Crippen LogP contribution in [0, 0.1) is 6.92 Å². The number of aromatic hydroxyl groups is 1. The maximum atomic E-state index is 11.5. The highest BCUT2D eigenvalue weighted by molar-refractivity contribution is 6.33. The molecular formula is C17H13ClN2O2. The second-order valence-corrected chi connectivity index (χ2v) is 5.42. The number of nitrogens with zero attached hydrogens (tertiary/aromatic N) is 1. The van der Waals surface area contributed by atoms with E-state index in [-0.39, 0.29) is 0 Å². The fourth-order valence-corrected chi connectivity index (χ4v) is 2.57. The summed E-state index contributed by atoms with van der Waals surface area (Å²) >= 11 is 6.30. The zero-order chi connectivity index (χ0) is 15.7. The highest BCUT2D eigenvalue weighted by Crippen LogP contribution is 2.30. The molecule has 1 aromatic heterocycles. The number of benzene rings is 2. The van der Waals surface area contributed by atoms with Crippen molar-refractivity contribution in [3.63, 3.8) is 0 Å². The molecule has 4 nitrogen and oxygen atoms in total. The molecule has 0 amide bonds. The molecular weight excluding hydrogens is 300 g/mol. The number of H-pyrrole nitrogens is 1. The van der Waals surface area contributed by atoms with Crippen LogP contribution in [-0.4, -0.2) is 15.1 Å². The molecule has 0 fully saturated rings. The van der Waals surface area contributed by atoms with E-state index in [0.717, 1.165) is 28.5 Å². The Morgan fingerprint density at radius 3 is 2.64 bits per heavy atom. The van der Waals surface area contributed by atoms with Gasteiger partial charge in [0.1, 0.15) is 5.82 Å². The van der Waals surface area contributed by atoms with E-state index >= 15 is 0 Å². The molecule has 5 heteroatoms. The summed E-state index contributed by atoms with van der Waals surface area (Å²) in [6.07, 6.45) is 1.14. The summed E-state index contributed by atoms with van der Waals surface area (Å²) in [5, 5.41) is 9.93. The predicted molar refractivity (Wildman–Crippen MR) is 87.1 cm³/mol. The molecule has 0 radical (unpaired) electrons. The number of halogens is 1. The van der Waals surface area contributed by atoms with E-state index < -0.39 is 11.3 Å². The van der Waals surface area contributed by atoms with E-state index in [4.69, 9.17) is 11.6 Å². The zero-order valence-electron chi connectivity index (χ0n) is 11.8. The molecule has 2 aromatic carbocycles. The van der Waals surface area contributed by atoms with Crippen molar-refractivity contribution in [1.29, 1.82) is 0 Å². The first-order chi connectivity index (χ1) is 10.5. The van der Waals surface area contributed by atoms with Crippen molar-refractivity contribution in [3.8, 4) is 28.3 Å². The van der Waals surface area contributed by atoms with Crippen molar-refractivity contribution in [1.82, 2.24) is 9.97 Å². The summed E-state index contributed by atoms with van der Waals surface area (Å²) in [5.41, 5.74) is 3.11. The number of hydrogen-bond donors (Lipinski definition) is 2. The SMILES string of the molecule is Cc1ccc(-c2cccc(-c3ncc(O)c(=O)[nH]3)c2)c(Cl)c1. The van der Waals surface area contributed by atoms with Crippen molar-refractivity contribution in [3.05, 3.63) is 69.6 Å². The first-order valence-corrected chi connectivity index (χ1v) is 7.07. The van der Waals surface area contributed by atoms with Gasteiger partial charge < -0.3 is 10.1 Å². The Bertz CT molecular complexity index is 903. The molecule has 0 bridgehead atoms. The topological polar surface area (TPSA) is 66.0 Å². The number of aromatic amines is 1. The van der Waals surface area contributed by atoms with Crippen LogP contribution in [0.1, 0.15) is 5.56 Å². The van der Waals surface area contributed by atoms with Crippen LogP contribution >= 0.6 is 11.6 Å². The number of rotatable bonds is 2. The average molecular weight is 313 g/mol. The Morgan fingerprint density at radius 1 is 1.14 bits per heavy atom. The maximum absolute atomic E-state index is 11.5. The lowest BCUT2D eigenvalue weighted by molar-refractivity contribution is 0.463. The lowest BCUT2D eigenvalue weighted by Crippen LogP contribution is -2.07. The van der Waals surface area contributed by atoms with Gasteiger partial charge in [-0.1, -0.05) is 41.9 Å². The zero-order valence-corrected chi connectivity index (χ0v) is 12.6. The van der Waals surface area contributed by atoms with Gasteiger partial charge in [-0.05, 0) is 30.2 Å². The van der Waals surface area contributed by atoms with Crippen molar-refractivity contribution >= 4 is 11.6 Å². The van der Waals surface area contributed by atoms with E-state index in [1.807, 2.05) is 49.4 Å². The largest absolute Gasteiger partial charge is 0.502 e. The lowest BCUT2D eigenvalue weighted by Gasteiger charge is -2.08. The lowest BCUT2D eigenvalue weighted by atomic mass is 10.0. The van der Waals surface area contributed by atoms with Gasteiger partial charge in [-0.2, -0.15) is 0 Å². The molecule has 110 valence electrons. The van der Waals surface area contributed by atoms with Crippen LogP contribution in [0.3, 0.4) is 0 Å². The van der Waals surface area contributed by atoms with Crippen LogP contribution in [0.4, 0.5) is 0 Å². The fraction of sp³-hybridized carbons (Fsp3) is 0.0588. The average Bonchev–Trinajstić information content (AvgIpc) is 2.50. The molecule has 3 aromatic rings. The minimum Gasteiger partial charge on any atom is -0.502 e. The van der Waals surface area contributed by atoms with Crippen molar-refractivity contribution < 1.29 is 5.11 Å². The van der Waals surface area contributed by atoms with Crippen LogP contribution < -0.4 is 5.56 Å². The maximum Gasteiger partial charge on any atom is 0.293 e. The predicted octanol–water partition coefficient (Wildman–Crippen LogP) is 3.77. The van der Waals surface area contributed by atoms with Gasteiger partial charge in [0.15, 0.2) is 5.75 Å². The monoisotopic (exact) mass is 312 g/mol. The van der Waals surface area contributed by atoms with Gasteiger partial charge in [-0.3, -0.25) is 4.79 Å². The first kappa shape index (κ1) is 14.4. The highest BCUT2D eigenvalue weighted by Gasteiger charge is 2.08. The van der Waals surface area contributed by atoms with Crippen LogP contribution in [-0.2, 0) is 0 Å². The van der Waals surface area contributed by atoms with E-state index in [2.05, 4.69) is 9.97 Å².